The second-order valence-electron chi connectivity index (χ2n) is 8.88. The van der Waals surface area contributed by atoms with Crippen molar-refractivity contribution in [3.8, 4) is 0 Å². The van der Waals surface area contributed by atoms with E-state index in [2.05, 4.69) is 9.88 Å². The van der Waals surface area contributed by atoms with Gasteiger partial charge in [-0.2, -0.15) is 0 Å². The van der Waals surface area contributed by atoms with Crippen molar-refractivity contribution in [2.24, 2.45) is 0 Å². The predicted molar refractivity (Wildman–Crippen MR) is 121 cm³/mol. The average Bonchev–Trinajstić information content (AvgIpc) is 3.32. The van der Waals surface area contributed by atoms with Crippen LogP contribution in [0.2, 0.25) is 0 Å². The third-order valence-corrected chi connectivity index (χ3v) is 7.02. The minimum absolute atomic E-state index is 0.0512. The van der Waals surface area contributed by atoms with Gasteiger partial charge in [-0.05, 0) is 43.5 Å². The van der Waals surface area contributed by atoms with Crippen LogP contribution in [0, 0.1) is 0 Å². The molecule has 3 aromatic rings. The molecular weight excluding hydrogens is 390 g/mol. The van der Waals surface area contributed by atoms with E-state index in [1.54, 1.807) is 10.8 Å². The number of carbonyl (C=O) groups is 1. The highest BCUT2D eigenvalue weighted by molar-refractivity contribution is 5.77. The molecule has 1 aliphatic carbocycles. The Kier molecular flexibility index (Phi) is 5.76. The van der Waals surface area contributed by atoms with Gasteiger partial charge < -0.3 is 9.30 Å². The van der Waals surface area contributed by atoms with Crippen LogP contribution in [0.25, 0.3) is 16.7 Å². The molecule has 2 aliphatic rings. The highest BCUT2D eigenvalue weighted by atomic mass is 16.2. The smallest absolute Gasteiger partial charge is 0.276 e. The van der Waals surface area contributed by atoms with Crippen LogP contribution in [0.15, 0.2) is 41.5 Å². The second kappa shape index (κ2) is 8.83. The van der Waals surface area contributed by atoms with Crippen LogP contribution in [0.1, 0.15) is 44.9 Å². The van der Waals surface area contributed by atoms with Gasteiger partial charge in [0.1, 0.15) is 5.52 Å². The number of carbonyl (C=O) groups excluding carboxylic acids is 1. The first kappa shape index (κ1) is 20.2. The van der Waals surface area contributed by atoms with E-state index in [4.69, 9.17) is 0 Å². The average molecular weight is 422 g/mol. The topological polar surface area (TPSA) is 62.9 Å². The molecule has 1 amide bonds. The quantitative estimate of drug-likeness (QED) is 0.636. The fraction of sp³-hybridized carbons (Fsp3) is 0.542. The predicted octanol–water partition coefficient (Wildman–Crippen LogP) is 2.91. The largest absolute Gasteiger partial charge is 0.340 e. The Labute approximate surface area is 182 Å². The third kappa shape index (κ3) is 3.99. The van der Waals surface area contributed by atoms with Gasteiger partial charge in [0.2, 0.25) is 5.91 Å². The minimum Gasteiger partial charge on any atom is -0.340 e. The Morgan fingerprint density at radius 3 is 2.58 bits per heavy atom. The molecule has 31 heavy (non-hydrogen) atoms. The first-order chi connectivity index (χ1) is 15.2. The molecule has 0 atom stereocenters. The van der Waals surface area contributed by atoms with Crippen molar-refractivity contribution in [1.82, 2.24) is 23.8 Å². The number of aromatic nitrogens is 3. The van der Waals surface area contributed by atoms with Crippen molar-refractivity contribution in [2.75, 3.05) is 26.2 Å². The van der Waals surface area contributed by atoms with Crippen molar-refractivity contribution in [3.05, 3.63) is 47.0 Å². The summed E-state index contributed by atoms with van der Waals surface area (Å²) in [6.07, 6.45) is 11.4. The van der Waals surface area contributed by atoms with Crippen molar-refractivity contribution >= 4 is 22.6 Å². The molecule has 0 bridgehead atoms. The lowest BCUT2D eigenvalue weighted by atomic mass is 9.94. The molecular formula is C24H31N5O2. The van der Waals surface area contributed by atoms with Gasteiger partial charge in [-0.3, -0.25) is 19.1 Å². The Balaban J connectivity index is 1.20. The van der Waals surface area contributed by atoms with Crippen LogP contribution in [0.5, 0.6) is 0 Å². The van der Waals surface area contributed by atoms with Crippen molar-refractivity contribution in [1.29, 1.82) is 0 Å². The van der Waals surface area contributed by atoms with E-state index in [1.165, 1.54) is 32.1 Å². The summed E-state index contributed by atoms with van der Waals surface area (Å²) in [5, 5.41) is 0. The molecule has 0 unspecified atom stereocenters. The molecule has 1 saturated heterocycles. The van der Waals surface area contributed by atoms with E-state index in [-0.39, 0.29) is 11.5 Å². The van der Waals surface area contributed by atoms with Gasteiger partial charge in [-0.25, -0.2) is 4.98 Å². The monoisotopic (exact) mass is 421 g/mol. The van der Waals surface area contributed by atoms with Crippen molar-refractivity contribution in [3.63, 3.8) is 0 Å². The summed E-state index contributed by atoms with van der Waals surface area (Å²) in [6, 6.07) is 8.30. The maximum Gasteiger partial charge on any atom is 0.276 e. The van der Waals surface area contributed by atoms with E-state index in [0.717, 1.165) is 37.7 Å². The molecule has 5 rings (SSSR count). The van der Waals surface area contributed by atoms with E-state index in [0.29, 0.717) is 30.6 Å². The fourth-order valence-electron chi connectivity index (χ4n) is 5.32. The fourth-order valence-corrected chi connectivity index (χ4v) is 5.32. The Morgan fingerprint density at radius 1 is 1.00 bits per heavy atom. The summed E-state index contributed by atoms with van der Waals surface area (Å²) < 4.78 is 3.61. The van der Waals surface area contributed by atoms with Gasteiger partial charge in [0.25, 0.3) is 5.56 Å². The van der Waals surface area contributed by atoms with Crippen LogP contribution in [0.4, 0.5) is 0 Å². The summed E-state index contributed by atoms with van der Waals surface area (Å²) in [4.78, 5) is 34.8. The lowest BCUT2D eigenvalue weighted by molar-refractivity contribution is -0.133. The standard InChI is InChI=1S/C24H31N5O2/c30-22(27-17-15-26(16-18-27)19-7-2-1-3-8-19)11-6-14-29-23-20(9-4-12-25-23)28-13-5-10-21(28)24(29)31/h4-5,9-10,12-13,19H,1-3,6-8,11,14-18H2. The zero-order chi connectivity index (χ0) is 21.2. The summed E-state index contributed by atoms with van der Waals surface area (Å²) in [5.41, 5.74) is 2.17. The van der Waals surface area contributed by atoms with Crippen LogP contribution in [-0.4, -0.2) is 61.9 Å². The number of aryl methyl sites for hydroxylation is 1. The van der Waals surface area contributed by atoms with Gasteiger partial charge in [0, 0.05) is 57.6 Å². The normalized spacial score (nSPS) is 18.8. The molecule has 0 aromatic carbocycles. The number of amides is 1. The minimum atomic E-state index is -0.0512. The Morgan fingerprint density at radius 2 is 1.77 bits per heavy atom. The molecule has 7 nitrogen and oxygen atoms in total. The number of pyridine rings is 1. The summed E-state index contributed by atoms with van der Waals surface area (Å²) in [7, 11) is 0. The summed E-state index contributed by atoms with van der Waals surface area (Å²) >= 11 is 0. The molecule has 0 radical (unpaired) electrons. The first-order valence-electron chi connectivity index (χ1n) is 11.7. The highest BCUT2D eigenvalue weighted by Crippen LogP contribution is 2.23. The van der Waals surface area contributed by atoms with E-state index < -0.39 is 0 Å². The SMILES string of the molecule is O=C(CCCn1c(=O)c2cccn2c2cccnc21)N1CCN(C2CCCCC2)CC1. The van der Waals surface area contributed by atoms with Crippen LogP contribution in [-0.2, 0) is 11.3 Å². The van der Waals surface area contributed by atoms with E-state index in [9.17, 15) is 9.59 Å². The zero-order valence-electron chi connectivity index (χ0n) is 18.1. The molecule has 3 aromatic heterocycles. The number of nitrogens with zero attached hydrogens (tertiary/aromatic N) is 5. The van der Waals surface area contributed by atoms with Crippen LogP contribution < -0.4 is 5.56 Å². The zero-order valence-corrected chi connectivity index (χ0v) is 18.1. The maximum absolute atomic E-state index is 13.0. The van der Waals surface area contributed by atoms with Crippen molar-refractivity contribution in [2.45, 2.75) is 57.5 Å². The Hall–Kier alpha value is -2.67. The number of hydrogen-bond acceptors (Lipinski definition) is 4. The second-order valence-corrected chi connectivity index (χ2v) is 8.88. The molecule has 1 aliphatic heterocycles. The first-order valence-corrected chi connectivity index (χ1v) is 11.7. The maximum atomic E-state index is 13.0. The van der Waals surface area contributed by atoms with Crippen molar-refractivity contribution < 1.29 is 4.79 Å². The third-order valence-electron chi connectivity index (χ3n) is 7.02. The molecule has 0 spiro atoms. The van der Waals surface area contributed by atoms with Gasteiger partial charge in [-0.15, -0.1) is 0 Å². The van der Waals surface area contributed by atoms with Gasteiger partial charge in [0.05, 0.1) is 5.52 Å². The molecule has 0 N–H and O–H groups in total. The summed E-state index contributed by atoms with van der Waals surface area (Å²) in [5.74, 6) is 0.206. The molecule has 7 heteroatoms. The number of fused-ring (bicyclic) bond motifs is 3. The van der Waals surface area contributed by atoms with Crippen LogP contribution >= 0.6 is 0 Å². The van der Waals surface area contributed by atoms with Gasteiger partial charge in [0.15, 0.2) is 5.65 Å². The summed E-state index contributed by atoms with van der Waals surface area (Å²) in [6.45, 7) is 4.15. The van der Waals surface area contributed by atoms with E-state index in [1.807, 2.05) is 39.8 Å². The lowest BCUT2D eigenvalue weighted by Gasteiger charge is -2.40. The van der Waals surface area contributed by atoms with Gasteiger partial charge in [-0.1, -0.05) is 19.3 Å². The molecule has 4 heterocycles. The highest BCUT2D eigenvalue weighted by Gasteiger charge is 2.26. The molecule has 164 valence electrons. The van der Waals surface area contributed by atoms with Crippen LogP contribution in [0.3, 0.4) is 0 Å². The lowest BCUT2D eigenvalue weighted by Crippen LogP contribution is -2.52. The number of rotatable bonds is 5. The number of hydrogen-bond donors (Lipinski definition) is 0. The van der Waals surface area contributed by atoms with Gasteiger partial charge >= 0.3 is 0 Å². The molecule has 2 fully saturated rings. The number of piperazine rings is 1. The molecule has 1 saturated carbocycles. The Bertz CT molecular complexity index is 1120. The van der Waals surface area contributed by atoms with E-state index >= 15 is 0 Å².